The van der Waals surface area contributed by atoms with Crippen LogP contribution in [0.15, 0.2) is 34.1 Å². The number of benzene rings is 1. The summed E-state index contributed by atoms with van der Waals surface area (Å²) in [7, 11) is 0. The molecule has 10 heteroatoms. The van der Waals surface area contributed by atoms with Crippen LogP contribution < -0.4 is 11.0 Å². The number of aromatic nitrogens is 2. The summed E-state index contributed by atoms with van der Waals surface area (Å²) in [6, 6.07) is 4.40. The highest BCUT2D eigenvalue weighted by Crippen LogP contribution is 2.31. The molecule has 1 aromatic carbocycles. The zero-order chi connectivity index (χ0) is 20.3. The summed E-state index contributed by atoms with van der Waals surface area (Å²) in [6.45, 7) is 0.00899. The van der Waals surface area contributed by atoms with Gasteiger partial charge in [0.25, 0.3) is 0 Å². The fraction of sp³-hybridized carbons (Fsp3) is 0.389. The van der Waals surface area contributed by atoms with E-state index in [4.69, 9.17) is 5.11 Å². The quantitative estimate of drug-likeness (QED) is 0.562. The number of nitrogens with zero attached hydrogens (tertiary/aromatic N) is 2. The summed E-state index contributed by atoms with van der Waals surface area (Å²) >= 11 is 1.08. The van der Waals surface area contributed by atoms with Gasteiger partial charge in [0.2, 0.25) is 5.91 Å². The van der Waals surface area contributed by atoms with Crippen LogP contribution in [0.2, 0.25) is 0 Å². The number of thioether (sulfide) groups is 1. The van der Waals surface area contributed by atoms with Gasteiger partial charge in [-0.05, 0) is 37.5 Å². The second-order valence-corrected chi connectivity index (χ2v) is 7.23. The third-order valence-electron chi connectivity index (χ3n) is 4.34. The predicted molar refractivity (Wildman–Crippen MR) is 98.4 cm³/mol. The highest BCUT2D eigenvalue weighted by Gasteiger charge is 2.30. The molecule has 2 N–H and O–H groups in total. The van der Waals surface area contributed by atoms with Crippen molar-refractivity contribution in [1.29, 1.82) is 0 Å². The van der Waals surface area contributed by atoms with Crippen LogP contribution in [0.5, 0.6) is 0 Å². The number of amides is 1. The third-order valence-corrected chi connectivity index (χ3v) is 5.36. The van der Waals surface area contributed by atoms with Gasteiger partial charge in [-0.15, -0.1) is 0 Å². The lowest BCUT2D eigenvalue weighted by molar-refractivity contribution is -0.137. The Morgan fingerprint density at radius 1 is 1.32 bits per heavy atom. The highest BCUT2D eigenvalue weighted by molar-refractivity contribution is 8.00. The van der Waals surface area contributed by atoms with Gasteiger partial charge in [-0.3, -0.25) is 9.36 Å². The van der Waals surface area contributed by atoms with Gasteiger partial charge in [0.05, 0.1) is 24.5 Å². The van der Waals surface area contributed by atoms with Crippen LogP contribution in [0.4, 0.5) is 18.9 Å². The van der Waals surface area contributed by atoms with E-state index in [0.29, 0.717) is 11.4 Å². The van der Waals surface area contributed by atoms with Crippen molar-refractivity contribution in [2.45, 2.75) is 37.0 Å². The van der Waals surface area contributed by atoms with Crippen LogP contribution in [-0.2, 0) is 30.4 Å². The summed E-state index contributed by atoms with van der Waals surface area (Å²) in [5.41, 5.74) is 0.456. The Morgan fingerprint density at radius 3 is 2.82 bits per heavy atom. The second-order valence-electron chi connectivity index (χ2n) is 6.27. The van der Waals surface area contributed by atoms with E-state index in [0.717, 1.165) is 48.0 Å². The van der Waals surface area contributed by atoms with E-state index in [1.54, 1.807) is 0 Å². The summed E-state index contributed by atoms with van der Waals surface area (Å²) in [6.07, 6.45) is -2.20. The van der Waals surface area contributed by atoms with Crippen LogP contribution >= 0.6 is 11.8 Å². The molecule has 0 saturated carbocycles. The molecule has 0 radical (unpaired) electrons. The number of hydrogen-bond donors (Lipinski definition) is 2. The maximum absolute atomic E-state index is 12.8. The number of aliphatic hydroxyl groups excluding tert-OH is 1. The van der Waals surface area contributed by atoms with Gasteiger partial charge < -0.3 is 10.4 Å². The Morgan fingerprint density at radius 2 is 2.11 bits per heavy atom. The third kappa shape index (κ3) is 4.56. The van der Waals surface area contributed by atoms with Gasteiger partial charge in [-0.2, -0.15) is 18.2 Å². The number of carbonyl (C=O) groups is 1. The molecule has 0 unspecified atom stereocenters. The molecule has 150 valence electrons. The first-order valence-corrected chi connectivity index (χ1v) is 9.61. The van der Waals surface area contributed by atoms with Crippen LogP contribution in [0.25, 0.3) is 0 Å². The molecule has 6 nitrogen and oxygen atoms in total. The highest BCUT2D eigenvalue weighted by atomic mass is 32.2. The first kappa shape index (κ1) is 20.4. The normalized spacial score (nSPS) is 13.4. The van der Waals surface area contributed by atoms with E-state index < -0.39 is 23.3 Å². The molecule has 0 aliphatic heterocycles. The number of carbonyl (C=O) groups excluding carboxylic acids is 1. The van der Waals surface area contributed by atoms with Crippen LogP contribution in [0, 0.1) is 0 Å². The second kappa shape index (κ2) is 8.36. The van der Waals surface area contributed by atoms with Crippen LogP contribution in [-0.4, -0.2) is 32.9 Å². The Balaban J connectivity index is 1.70. The van der Waals surface area contributed by atoms with Gasteiger partial charge in [-0.25, -0.2) is 4.79 Å². The van der Waals surface area contributed by atoms with Crippen molar-refractivity contribution in [3.8, 4) is 0 Å². The Labute approximate surface area is 162 Å². The van der Waals surface area contributed by atoms with Crippen LogP contribution in [0.3, 0.4) is 0 Å². The van der Waals surface area contributed by atoms with E-state index in [1.807, 2.05) is 0 Å². The molecule has 0 fully saturated rings. The molecule has 1 aliphatic carbocycles. The van der Waals surface area contributed by atoms with Crippen molar-refractivity contribution < 1.29 is 23.1 Å². The molecule has 1 aliphatic rings. The maximum Gasteiger partial charge on any atom is 0.416 e. The molecule has 3 rings (SSSR count). The van der Waals surface area contributed by atoms with Crippen molar-refractivity contribution in [3.05, 3.63) is 51.6 Å². The first-order valence-electron chi connectivity index (χ1n) is 8.63. The summed E-state index contributed by atoms with van der Waals surface area (Å²) < 4.78 is 39.7. The number of hydrogen-bond acceptors (Lipinski definition) is 5. The van der Waals surface area contributed by atoms with Gasteiger partial charge in [0, 0.05) is 16.9 Å². The zero-order valence-corrected chi connectivity index (χ0v) is 15.6. The molecule has 2 aromatic rings. The molecular formula is C18H18F3N3O3S. The number of rotatable bonds is 6. The Hall–Kier alpha value is -2.33. The molecule has 0 atom stereocenters. The van der Waals surface area contributed by atoms with E-state index in [-0.39, 0.29) is 24.6 Å². The number of nitrogens with one attached hydrogen (secondary N) is 1. The van der Waals surface area contributed by atoms with Gasteiger partial charge in [0.15, 0.2) is 0 Å². The Bertz CT molecular complexity index is 944. The SMILES string of the molecule is O=C(CSc1nc(=O)n(CCO)c2c1CCC2)Nc1cccc(C(F)(F)F)c1. The molecule has 0 saturated heterocycles. The molecule has 0 spiro atoms. The number of halogens is 3. The lowest BCUT2D eigenvalue weighted by atomic mass is 10.2. The molecule has 0 bridgehead atoms. The Kier molecular flexibility index (Phi) is 6.09. The molecule has 28 heavy (non-hydrogen) atoms. The van der Waals surface area contributed by atoms with Crippen molar-refractivity contribution in [3.63, 3.8) is 0 Å². The monoisotopic (exact) mass is 413 g/mol. The van der Waals surface area contributed by atoms with Crippen molar-refractivity contribution in [2.75, 3.05) is 17.7 Å². The van der Waals surface area contributed by atoms with Crippen LogP contribution in [0.1, 0.15) is 23.2 Å². The van der Waals surface area contributed by atoms with E-state index in [1.165, 1.54) is 16.7 Å². The van der Waals surface area contributed by atoms with Crippen molar-refractivity contribution >= 4 is 23.4 Å². The number of fused-ring (bicyclic) bond motifs is 1. The lowest BCUT2D eigenvalue weighted by Gasteiger charge is -2.13. The summed E-state index contributed by atoms with van der Waals surface area (Å²) in [4.78, 5) is 28.3. The van der Waals surface area contributed by atoms with E-state index in [9.17, 15) is 22.8 Å². The summed E-state index contributed by atoms with van der Waals surface area (Å²) in [5.74, 6) is -0.573. The van der Waals surface area contributed by atoms with E-state index >= 15 is 0 Å². The number of aliphatic hydroxyl groups is 1. The molecular weight excluding hydrogens is 395 g/mol. The minimum Gasteiger partial charge on any atom is -0.395 e. The average Bonchev–Trinajstić information content (AvgIpc) is 3.12. The number of alkyl halides is 3. The molecule has 1 amide bonds. The molecule has 1 aromatic heterocycles. The number of anilines is 1. The maximum atomic E-state index is 12.8. The fourth-order valence-electron chi connectivity index (χ4n) is 3.14. The van der Waals surface area contributed by atoms with Gasteiger partial charge in [-0.1, -0.05) is 17.8 Å². The lowest BCUT2D eigenvalue weighted by Crippen LogP contribution is -2.28. The van der Waals surface area contributed by atoms with Gasteiger partial charge >= 0.3 is 11.9 Å². The van der Waals surface area contributed by atoms with Crippen molar-refractivity contribution in [2.24, 2.45) is 0 Å². The van der Waals surface area contributed by atoms with Crippen molar-refractivity contribution in [1.82, 2.24) is 9.55 Å². The molecule has 1 heterocycles. The zero-order valence-electron chi connectivity index (χ0n) is 14.8. The predicted octanol–water partition coefficient (Wildman–Crippen LogP) is 2.47. The summed E-state index contributed by atoms with van der Waals surface area (Å²) in [5, 5.41) is 12.0. The van der Waals surface area contributed by atoms with E-state index in [2.05, 4.69) is 10.3 Å². The largest absolute Gasteiger partial charge is 0.416 e. The fourth-order valence-corrected chi connectivity index (χ4v) is 4.02. The minimum absolute atomic E-state index is 0.0528. The smallest absolute Gasteiger partial charge is 0.395 e. The van der Waals surface area contributed by atoms with Gasteiger partial charge in [0.1, 0.15) is 5.03 Å². The standard InChI is InChI=1S/C18H18F3N3O3S/c19-18(20,21)11-3-1-4-12(9-11)22-15(26)10-28-16-13-5-2-6-14(13)24(7-8-25)17(27)23-16/h1,3-4,9,25H,2,5-8,10H2,(H,22,26). The first-order chi connectivity index (χ1) is 13.3. The average molecular weight is 413 g/mol. The topological polar surface area (TPSA) is 84.2 Å². The minimum atomic E-state index is -4.49.